The summed E-state index contributed by atoms with van der Waals surface area (Å²) in [6.45, 7) is 10.0. The average Bonchev–Trinajstić information content (AvgIpc) is 2.59. The molecule has 0 aromatic heterocycles. The molecule has 1 N–H and O–H groups in total. The first-order chi connectivity index (χ1) is 11.9. The van der Waals surface area contributed by atoms with Crippen LogP contribution < -0.4 is 10.1 Å². The standard InChI is InChI=1S/C21H34N2O2.ClH/c1-21(2,3)18-9-11-19(12-10-18)25-14-6-8-20(24)23-13-5-7-17(16-23)15-22-4;/h9-12,17,22H,5-8,13-16H2,1-4H3;1H. The van der Waals surface area contributed by atoms with Crippen molar-refractivity contribution in [1.29, 1.82) is 0 Å². The third-order valence-electron chi connectivity index (χ3n) is 4.89. The van der Waals surface area contributed by atoms with Gasteiger partial charge in [0.25, 0.3) is 0 Å². The fourth-order valence-corrected chi connectivity index (χ4v) is 3.37. The summed E-state index contributed by atoms with van der Waals surface area (Å²) >= 11 is 0. The van der Waals surface area contributed by atoms with Gasteiger partial charge in [-0.3, -0.25) is 4.79 Å². The smallest absolute Gasteiger partial charge is 0.222 e. The van der Waals surface area contributed by atoms with E-state index in [0.29, 0.717) is 18.9 Å². The molecule has 1 aromatic carbocycles. The largest absolute Gasteiger partial charge is 0.494 e. The van der Waals surface area contributed by atoms with E-state index in [-0.39, 0.29) is 23.7 Å². The number of halogens is 1. The molecule has 0 bridgehead atoms. The van der Waals surface area contributed by atoms with Crippen LogP contribution in [0, 0.1) is 5.92 Å². The molecule has 0 aliphatic carbocycles. The maximum atomic E-state index is 12.4. The van der Waals surface area contributed by atoms with E-state index in [1.807, 2.05) is 24.1 Å². The van der Waals surface area contributed by atoms with Gasteiger partial charge in [-0.1, -0.05) is 32.9 Å². The normalized spacial score (nSPS) is 17.5. The second-order valence-electron chi connectivity index (χ2n) is 8.13. The highest BCUT2D eigenvalue weighted by molar-refractivity contribution is 5.85. The lowest BCUT2D eigenvalue weighted by atomic mass is 9.87. The molecule has 0 saturated carbocycles. The Morgan fingerprint density at radius 3 is 2.58 bits per heavy atom. The topological polar surface area (TPSA) is 41.6 Å². The summed E-state index contributed by atoms with van der Waals surface area (Å²) in [7, 11) is 1.98. The fourth-order valence-electron chi connectivity index (χ4n) is 3.37. The number of ether oxygens (including phenoxy) is 1. The zero-order valence-electron chi connectivity index (χ0n) is 16.7. The highest BCUT2D eigenvalue weighted by Gasteiger charge is 2.22. The number of nitrogens with zero attached hydrogens (tertiary/aromatic N) is 1. The summed E-state index contributed by atoms with van der Waals surface area (Å²) in [5, 5.41) is 3.22. The van der Waals surface area contributed by atoms with Gasteiger partial charge in [0.2, 0.25) is 5.91 Å². The lowest BCUT2D eigenvalue weighted by Crippen LogP contribution is -2.42. The van der Waals surface area contributed by atoms with E-state index in [4.69, 9.17) is 4.74 Å². The molecule has 1 heterocycles. The number of carbonyl (C=O) groups is 1. The summed E-state index contributed by atoms with van der Waals surface area (Å²) in [6.07, 6.45) is 3.69. The van der Waals surface area contributed by atoms with Crippen LogP contribution in [0.4, 0.5) is 0 Å². The lowest BCUT2D eigenvalue weighted by Gasteiger charge is -2.32. The van der Waals surface area contributed by atoms with Gasteiger partial charge in [-0.05, 0) is 61.9 Å². The number of likely N-dealkylation sites (tertiary alicyclic amines) is 1. The quantitative estimate of drug-likeness (QED) is 0.724. The van der Waals surface area contributed by atoms with Crippen molar-refractivity contribution in [2.45, 2.75) is 51.9 Å². The highest BCUT2D eigenvalue weighted by atomic mass is 35.5. The van der Waals surface area contributed by atoms with Crippen molar-refractivity contribution < 1.29 is 9.53 Å². The highest BCUT2D eigenvalue weighted by Crippen LogP contribution is 2.24. The molecule has 1 aromatic rings. The molecule has 0 radical (unpaired) electrons. The second-order valence-corrected chi connectivity index (χ2v) is 8.13. The van der Waals surface area contributed by atoms with E-state index >= 15 is 0 Å². The van der Waals surface area contributed by atoms with Crippen molar-refractivity contribution in [3.63, 3.8) is 0 Å². The van der Waals surface area contributed by atoms with E-state index < -0.39 is 0 Å². The molecule has 26 heavy (non-hydrogen) atoms. The van der Waals surface area contributed by atoms with Crippen LogP contribution in [0.1, 0.15) is 52.0 Å². The molecule has 1 fully saturated rings. The van der Waals surface area contributed by atoms with Crippen molar-refractivity contribution in [3.05, 3.63) is 29.8 Å². The molecule has 148 valence electrons. The van der Waals surface area contributed by atoms with Gasteiger partial charge in [0.1, 0.15) is 5.75 Å². The first kappa shape index (κ1) is 22.8. The second kappa shape index (κ2) is 10.8. The molecule has 2 rings (SSSR count). The van der Waals surface area contributed by atoms with Crippen LogP contribution in [-0.2, 0) is 10.2 Å². The van der Waals surface area contributed by atoms with Gasteiger partial charge in [-0.15, -0.1) is 12.4 Å². The molecule has 1 atom stereocenters. The third kappa shape index (κ3) is 7.16. The van der Waals surface area contributed by atoms with Gasteiger partial charge >= 0.3 is 0 Å². The summed E-state index contributed by atoms with van der Waals surface area (Å²) < 4.78 is 5.79. The number of amides is 1. The van der Waals surface area contributed by atoms with Crippen molar-refractivity contribution in [2.24, 2.45) is 5.92 Å². The van der Waals surface area contributed by atoms with E-state index in [0.717, 1.165) is 38.2 Å². The number of nitrogens with one attached hydrogen (secondary N) is 1. The molecule has 4 nitrogen and oxygen atoms in total. The summed E-state index contributed by atoms with van der Waals surface area (Å²) in [5.41, 5.74) is 1.46. The van der Waals surface area contributed by atoms with E-state index in [2.05, 4.69) is 38.2 Å². The zero-order chi connectivity index (χ0) is 18.3. The predicted octanol–water partition coefficient (Wildman–Crippen LogP) is 4.02. The third-order valence-corrected chi connectivity index (χ3v) is 4.89. The van der Waals surface area contributed by atoms with Crippen LogP contribution in [0.3, 0.4) is 0 Å². The van der Waals surface area contributed by atoms with Crippen molar-refractivity contribution in [3.8, 4) is 5.75 Å². The zero-order valence-corrected chi connectivity index (χ0v) is 17.5. The average molecular weight is 383 g/mol. The van der Waals surface area contributed by atoms with E-state index in [1.165, 1.54) is 12.0 Å². The number of hydrogen-bond donors (Lipinski definition) is 1. The Morgan fingerprint density at radius 2 is 1.96 bits per heavy atom. The molecule has 1 aliphatic rings. The van der Waals surface area contributed by atoms with Crippen LogP contribution >= 0.6 is 12.4 Å². The first-order valence-corrected chi connectivity index (χ1v) is 9.56. The fraction of sp³-hybridized carbons (Fsp3) is 0.667. The summed E-state index contributed by atoms with van der Waals surface area (Å²) in [4.78, 5) is 14.4. The first-order valence-electron chi connectivity index (χ1n) is 9.56. The molecule has 1 unspecified atom stereocenters. The Hall–Kier alpha value is -1.26. The van der Waals surface area contributed by atoms with Crippen molar-refractivity contribution in [1.82, 2.24) is 10.2 Å². The van der Waals surface area contributed by atoms with Gasteiger partial charge in [-0.2, -0.15) is 0 Å². The number of carbonyl (C=O) groups excluding carboxylic acids is 1. The monoisotopic (exact) mass is 382 g/mol. The number of rotatable bonds is 7. The lowest BCUT2D eigenvalue weighted by molar-refractivity contribution is -0.133. The Labute approximate surface area is 165 Å². The van der Waals surface area contributed by atoms with Crippen molar-refractivity contribution >= 4 is 18.3 Å². The van der Waals surface area contributed by atoms with Gasteiger partial charge in [0.05, 0.1) is 6.61 Å². The van der Waals surface area contributed by atoms with E-state index in [1.54, 1.807) is 0 Å². The van der Waals surface area contributed by atoms with Gasteiger partial charge in [-0.25, -0.2) is 0 Å². The Morgan fingerprint density at radius 1 is 1.27 bits per heavy atom. The maximum Gasteiger partial charge on any atom is 0.222 e. The molecule has 1 aliphatic heterocycles. The molecular formula is C21H35ClN2O2. The minimum atomic E-state index is 0. The van der Waals surface area contributed by atoms with E-state index in [9.17, 15) is 4.79 Å². The molecule has 5 heteroatoms. The molecule has 1 saturated heterocycles. The Kier molecular flexibility index (Phi) is 9.45. The van der Waals surface area contributed by atoms with Crippen LogP contribution in [-0.4, -0.2) is 44.1 Å². The van der Waals surface area contributed by atoms with Crippen LogP contribution in [0.2, 0.25) is 0 Å². The van der Waals surface area contributed by atoms with Crippen molar-refractivity contribution in [2.75, 3.05) is 33.3 Å². The van der Waals surface area contributed by atoms with Gasteiger partial charge in [0, 0.05) is 19.5 Å². The SMILES string of the molecule is CNCC1CCCN(C(=O)CCCOc2ccc(C(C)(C)C)cc2)C1.Cl. The summed E-state index contributed by atoms with van der Waals surface area (Å²) in [6, 6.07) is 8.29. The Bertz CT molecular complexity index is 538. The predicted molar refractivity (Wildman–Crippen MR) is 110 cm³/mol. The number of piperidine rings is 1. The molecule has 1 amide bonds. The molecular weight excluding hydrogens is 348 g/mol. The number of benzene rings is 1. The van der Waals surface area contributed by atoms with Crippen LogP contribution in [0.25, 0.3) is 0 Å². The molecule has 0 spiro atoms. The number of hydrogen-bond acceptors (Lipinski definition) is 3. The minimum absolute atomic E-state index is 0. The minimum Gasteiger partial charge on any atom is -0.494 e. The van der Waals surface area contributed by atoms with Crippen LogP contribution in [0.5, 0.6) is 5.75 Å². The maximum absolute atomic E-state index is 12.4. The van der Waals surface area contributed by atoms with Gasteiger partial charge < -0.3 is 15.0 Å². The summed E-state index contributed by atoms with van der Waals surface area (Å²) in [5.74, 6) is 1.75. The van der Waals surface area contributed by atoms with Gasteiger partial charge in [0.15, 0.2) is 0 Å². The Balaban J connectivity index is 0.00000338. The van der Waals surface area contributed by atoms with Crippen LogP contribution in [0.15, 0.2) is 24.3 Å².